The van der Waals surface area contributed by atoms with Gasteiger partial charge < -0.3 is 9.64 Å². The molecule has 0 atom stereocenters. The maximum Gasteiger partial charge on any atom is 0.196 e. The van der Waals surface area contributed by atoms with Crippen LogP contribution in [0.3, 0.4) is 0 Å². The smallest absolute Gasteiger partial charge is 0.196 e. The fourth-order valence-corrected chi connectivity index (χ4v) is 6.15. The van der Waals surface area contributed by atoms with Crippen molar-refractivity contribution in [3.63, 3.8) is 0 Å². The maximum absolute atomic E-state index is 14.2. The fourth-order valence-electron chi connectivity index (χ4n) is 6.15. The van der Waals surface area contributed by atoms with Gasteiger partial charge in [-0.2, -0.15) is 0 Å². The van der Waals surface area contributed by atoms with Gasteiger partial charge in [-0.1, -0.05) is 42.5 Å². The van der Waals surface area contributed by atoms with Crippen molar-refractivity contribution in [2.24, 2.45) is 0 Å². The monoisotopic (exact) mass is 513 g/mol. The number of piperazine rings is 1. The van der Waals surface area contributed by atoms with E-state index in [4.69, 9.17) is 4.74 Å². The second-order valence-electron chi connectivity index (χ2n) is 10.4. The summed E-state index contributed by atoms with van der Waals surface area (Å²) >= 11 is 0. The van der Waals surface area contributed by atoms with E-state index in [1.807, 2.05) is 49.4 Å². The van der Waals surface area contributed by atoms with Crippen molar-refractivity contribution in [1.82, 2.24) is 9.80 Å². The number of hydrogen-bond donors (Lipinski definition) is 0. The van der Waals surface area contributed by atoms with E-state index < -0.39 is 5.54 Å². The average molecular weight is 514 g/mol. The van der Waals surface area contributed by atoms with Crippen LogP contribution in [0.5, 0.6) is 0 Å². The third-order valence-corrected chi connectivity index (χ3v) is 8.27. The lowest BCUT2D eigenvalue weighted by Gasteiger charge is -2.44. The number of Topliss-reactive ketones (excluding diaryl/α,β-unsaturated/α-hetero) is 2. The van der Waals surface area contributed by atoms with E-state index in [1.54, 1.807) is 18.2 Å². The Labute approximate surface area is 222 Å². The summed E-state index contributed by atoms with van der Waals surface area (Å²) in [5.74, 6) is -0.526. The molecular weight excluding hydrogens is 481 g/mol. The average Bonchev–Trinajstić information content (AvgIpc) is 3.19. The van der Waals surface area contributed by atoms with Crippen LogP contribution in [0, 0.1) is 12.7 Å². The van der Waals surface area contributed by atoms with Crippen LogP contribution in [-0.2, 0) is 16.8 Å². The summed E-state index contributed by atoms with van der Waals surface area (Å²) in [4.78, 5) is 35.0. The summed E-state index contributed by atoms with van der Waals surface area (Å²) in [6.07, 6.45) is 0. The number of hydrogen-bond acceptors (Lipinski definition) is 6. The van der Waals surface area contributed by atoms with Crippen molar-refractivity contribution in [3.05, 3.63) is 100 Å². The minimum Gasteiger partial charge on any atom is -0.378 e. The lowest BCUT2D eigenvalue weighted by molar-refractivity contribution is 0.0279. The molecule has 0 spiro atoms. The van der Waals surface area contributed by atoms with Crippen LogP contribution in [0.2, 0.25) is 0 Å². The quantitative estimate of drug-likeness (QED) is 0.480. The van der Waals surface area contributed by atoms with Crippen molar-refractivity contribution in [2.45, 2.75) is 19.0 Å². The summed E-state index contributed by atoms with van der Waals surface area (Å²) in [7, 11) is 0. The maximum atomic E-state index is 14.2. The normalized spacial score (nSPS) is 20.1. The number of rotatable bonds is 5. The van der Waals surface area contributed by atoms with Gasteiger partial charge in [-0.3, -0.25) is 19.4 Å². The number of halogens is 1. The van der Waals surface area contributed by atoms with Gasteiger partial charge in [-0.15, -0.1) is 0 Å². The van der Waals surface area contributed by atoms with Crippen LogP contribution in [0.15, 0.2) is 66.7 Å². The Kier molecular flexibility index (Phi) is 6.60. The molecule has 0 aromatic heterocycles. The topological polar surface area (TPSA) is 53.1 Å². The number of nitrogens with zero attached hydrogens (tertiary/aromatic N) is 3. The van der Waals surface area contributed by atoms with Gasteiger partial charge in [0, 0.05) is 62.6 Å². The number of carbonyl (C=O) groups is 2. The Balaban J connectivity index is 1.33. The molecule has 2 aliphatic heterocycles. The molecular formula is C31H32FN3O3. The zero-order valence-electron chi connectivity index (χ0n) is 21.7. The third-order valence-electron chi connectivity index (χ3n) is 8.27. The first kappa shape index (κ1) is 24.9. The molecule has 2 saturated heterocycles. The molecule has 0 N–H and O–H groups in total. The predicted octanol–water partition coefficient (Wildman–Crippen LogP) is 4.06. The fraction of sp³-hybridized carbons (Fsp3) is 0.355. The van der Waals surface area contributed by atoms with Crippen LogP contribution in [0.1, 0.15) is 37.4 Å². The molecule has 6 rings (SSSR count). The van der Waals surface area contributed by atoms with E-state index in [2.05, 4.69) is 14.7 Å². The number of anilines is 1. The molecule has 0 saturated carbocycles. The molecule has 1 aliphatic carbocycles. The van der Waals surface area contributed by atoms with E-state index in [0.717, 1.165) is 35.5 Å². The van der Waals surface area contributed by atoms with E-state index >= 15 is 0 Å². The van der Waals surface area contributed by atoms with E-state index in [-0.39, 0.29) is 17.4 Å². The van der Waals surface area contributed by atoms with Crippen molar-refractivity contribution < 1.29 is 18.7 Å². The zero-order chi connectivity index (χ0) is 26.3. The van der Waals surface area contributed by atoms with Gasteiger partial charge in [-0.25, -0.2) is 4.39 Å². The first-order valence-electron chi connectivity index (χ1n) is 13.3. The first-order chi connectivity index (χ1) is 18.5. The van der Waals surface area contributed by atoms with Crippen LogP contribution in [-0.4, -0.2) is 73.8 Å². The molecule has 2 fully saturated rings. The molecule has 3 aromatic rings. The second kappa shape index (κ2) is 10.1. The molecule has 196 valence electrons. The van der Waals surface area contributed by atoms with Crippen LogP contribution >= 0.6 is 0 Å². The summed E-state index contributed by atoms with van der Waals surface area (Å²) in [5.41, 5.74) is 3.35. The lowest BCUT2D eigenvalue weighted by atomic mass is 9.82. The molecule has 0 amide bonds. The SMILES string of the molecule is Cc1ccc(F)cc1CN1CCN(C2(c3cccc(N4CCOCC4)c3)C(=O)c3ccccc3C2=O)CC1. The summed E-state index contributed by atoms with van der Waals surface area (Å²) in [6, 6.07) is 20.0. The van der Waals surface area contributed by atoms with Gasteiger partial charge in [0.2, 0.25) is 0 Å². The molecule has 3 aromatic carbocycles. The molecule has 6 nitrogen and oxygen atoms in total. The highest BCUT2D eigenvalue weighted by atomic mass is 19.1. The standard InChI is InChI=1S/C31H32FN3O3/c1-22-9-10-25(32)19-23(22)21-33-11-13-35(14-12-33)31(29(36)27-7-2-3-8-28(27)30(31)37)24-5-4-6-26(20-24)34-15-17-38-18-16-34/h2-10,19-20H,11-18,21H2,1H3. The van der Waals surface area contributed by atoms with Crippen molar-refractivity contribution >= 4 is 17.3 Å². The number of ketones is 2. The third kappa shape index (κ3) is 4.15. The Morgan fingerprint density at radius 1 is 0.816 bits per heavy atom. The Morgan fingerprint density at radius 2 is 1.50 bits per heavy atom. The number of carbonyl (C=O) groups excluding carboxylic acids is 2. The first-order valence-corrected chi connectivity index (χ1v) is 13.3. The molecule has 38 heavy (non-hydrogen) atoms. The van der Waals surface area contributed by atoms with Crippen LogP contribution in [0.4, 0.5) is 10.1 Å². The number of morpholine rings is 1. The largest absolute Gasteiger partial charge is 0.378 e. The number of ether oxygens (including phenoxy) is 1. The molecule has 2 heterocycles. The molecule has 3 aliphatic rings. The summed E-state index contributed by atoms with van der Waals surface area (Å²) in [6.45, 7) is 7.97. The highest BCUT2D eigenvalue weighted by Gasteiger charge is 2.58. The van der Waals surface area contributed by atoms with Gasteiger partial charge in [0.05, 0.1) is 13.2 Å². The molecule has 0 unspecified atom stereocenters. The van der Waals surface area contributed by atoms with Gasteiger partial charge in [0.15, 0.2) is 17.1 Å². The summed E-state index contributed by atoms with van der Waals surface area (Å²) in [5, 5.41) is 0. The minimum atomic E-state index is -1.38. The van der Waals surface area contributed by atoms with Gasteiger partial charge >= 0.3 is 0 Å². The van der Waals surface area contributed by atoms with Crippen molar-refractivity contribution in [3.8, 4) is 0 Å². The molecule has 0 bridgehead atoms. The van der Waals surface area contributed by atoms with Gasteiger partial charge in [0.1, 0.15) is 5.82 Å². The molecule has 0 radical (unpaired) electrons. The Hall–Kier alpha value is -3.39. The number of benzene rings is 3. The van der Waals surface area contributed by atoms with Gasteiger partial charge in [0.25, 0.3) is 0 Å². The Morgan fingerprint density at radius 3 is 2.18 bits per heavy atom. The highest BCUT2D eigenvalue weighted by molar-refractivity contribution is 6.32. The van der Waals surface area contributed by atoms with E-state index in [0.29, 0.717) is 57.1 Å². The van der Waals surface area contributed by atoms with Crippen LogP contribution < -0.4 is 4.90 Å². The Bertz CT molecular complexity index is 1340. The van der Waals surface area contributed by atoms with Crippen molar-refractivity contribution in [1.29, 1.82) is 0 Å². The van der Waals surface area contributed by atoms with Gasteiger partial charge in [-0.05, 0) is 47.9 Å². The molecule has 7 heteroatoms. The zero-order valence-corrected chi connectivity index (χ0v) is 21.7. The second-order valence-corrected chi connectivity index (χ2v) is 10.4. The number of fused-ring (bicyclic) bond motifs is 1. The number of aryl methyl sites for hydroxylation is 1. The van der Waals surface area contributed by atoms with Crippen LogP contribution in [0.25, 0.3) is 0 Å². The lowest BCUT2D eigenvalue weighted by Crippen LogP contribution is -2.60. The van der Waals surface area contributed by atoms with E-state index in [9.17, 15) is 14.0 Å². The predicted molar refractivity (Wildman–Crippen MR) is 144 cm³/mol. The minimum absolute atomic E-state index is 0.147. The summed E-state index contributed by atoms with van der Waals surface area (Å²) < 4.78 is 19.4. The van der Waals surface area contributed by atoms with E-state index in [1.165, 1.54) is 6.07 Å². The highest BCUT2D eigenvalue weighted by Crippen LogP contribution is 2.44. The van der Waals surface area contributed by atoms with Crippen molar-refractivity contribution in [2.75, 3.05) is 57.4 Å².